The van der Waals surface area contributed by atoms with E-state index in [1.807, 2.05) is 19.1 Å². The van der Waals surface area contributed by atoms with Gasteiger partial charge in [-0.1, -0.05) is 0 Å². The van der Waals surface area contributed by atoms with E-state index in [0.717, 1.165) is 9.75 Å². The van der Waals surface area contributed by atoms with E-state index in [1.54, 1.807) is 13.8 Å². The molecule has 0 fully saturated rings. The topological polar surface area (TPSA) is 40.5 Å². The van der Waals surface area contributed by atoms with E-state index in [9.17, 15) is 10.2 Å². The Labute approximate surface area is 76.5 Å². The van der Waals surface area contributed by atoms with Gasteiger partial charge in [0.1, 0.15) is 5.60 Å². The van der Waals surface area contributed by atoms with Gasteiger partial charge in [0.2, 0.25) is 0 Å². The number of aryl methyl sites for hydroxylation is 1. The highest BCUT2D eigenvalue weighted by Gasteiger charge is 2.30. The van der Waals surface area contributed by atoms with Crippen molar-refractivity contribution in [3.8, 4) is 0 Å². The molecule has 1 heterocycles. The molecule has 12 heavy (non-hydrogen) atoms. The van der Waals surface area contributed by atoms with Crippen LogP contribution in [0.4, 0.5) is 0 Å². The van der Waals surface area contributed by atoms with Gasteiger partial charge in [-0.05, 0) is 32.9 Å². The van der Waals surface area contributed by atoms with Crippen LogP contribution in [0.2, 0.25) is 0 Å². The van der Waals surface area contributed by atoms with E-state index in [2.05, 4.69) is 0 Å². The lowest BCUT2D eigenvalue weighted by Crippen LogP contribution is -2.33. The normalized spacial score (nSPS) is 18.8. The fourth-order valence-corrected chi connectivity index (χ4v) is 1.91. The molecule has 1 rings (SSSR count). The number of aliphatic hydroxyl groups excluding tert-OH is 1. The fourth-order valence-electron chi connectivity index (χ4n) is 0.912. The van der Waals surface area contributed by atoms with E-state index < -0.39 is 11.7 Å². The summed E-state index contributed by atoms with van der Waals surface area (Å²) in [7, 11) is 0. The van der Waals surface area contributed by atoms with Gasteiger partial charge in [0.15, 0.2) is 0 Å². The maximum Gasteiger partial charge on any atom is 0.121 e. The van der Waals surface area contributed by atoms with Gasteiger partial charge >= 0.3 is 0 Å². The van der Waals surface area contributed by atoms with Crippen LogP contribution in [0.25, 0.3) is 0 Å². The van der Waals surface area contributed by atoms with Crippen molar-refractivity contribution in [3.63, 3.8) is 0 Å². The molecule has 2 atom stereocenters. The Bertz CT molecular complexity index is 263. The molecule has 0 saturated carbocycles. The summed E-state index contributed by atoms with van der Waals surface area (Å²) < 4.78 is 0. The van der Waals surface area contributed by atoms with Crippen LogP contribution in [0.1, 0.15) is 23.6 Å². The van der Waals surface area contributed by atoms with Gasteiger partial charge in [-0.15, -0.1) is 11.3 Å². The number of aliphatic hydroxyl groups is 2. The molecule has 0 aliphatic rings. The maximum atomic E-state index is 9.84. The van der Waals surface area contributed by atoms with Crippen molar-refractivity contribution in [2.45, 2.75) is 32.5 Å². The van der Waals surface area contributed by atoms with Crippen LogP contribution in [-0.4, -0.2) is 16.3 Å². The fraction of sp³-hybridized carbons (Fsp3) is 0.556. The first-order chi connectivity index (χ1) is 5.44. The van der Waals surface area contributed by atoms with Crippen molar-refractivity contribution in [2.24, 2.45) is 0 Å². The van der Waals surface area contributed by atoms with Crippen molar-refractivity contribution < 1.29 is 10.2 Å². The van der Waals surface area contributed by atoms with Crippen LogP contribution in [0.5, 0.6) is 0 Å². The third kappa shape index (κ3) is 1.68. The van der Waals surface area contributed by atoms with E-state index in [4.69, 9.17) is 0 Å². The Morgan fingerprint density at radius 2 is 2.08 bits per heavy atom. The maximum absolute atomic E-state index is 9.84. The second-order valence-electron chi connectivity index (χ2n) is 3.23. The van der Waals surface area contributed by atoms with Gasteiger partial charge in [0, 0.05) is 9.75 Å². The van der Waals surface area contributed by atoms with Crippen LogP contribution in [0, 0.1) is 6.92 Å². The first kappa shape index (κ1) is 9.71. The number of thiophene rings is 1. The minimum atomic E-state index is -1.11. The summed E-state index contributed by atoms with van der Waals surface area (Å²) in [4.78, 5) is 1.96. The monoisotopic (exact) mass is 186 g/mol. The average molecular weight is 186 g/mol. The molecular formula is C9H14O2S. The second kappa shape index (κ2) is 3.17. The molecule has 0 amide bonds. The minimum absolute atomic E-state index is 0.740. The van der Waals surface area contributed by atoms with Gasteiger partial charge in [0.25, 0.3) is 0 Å². The summed E-state index contributed by atoms with van der Waals surface area (Å²) >= 11 is 1.51. The lowest BCUT2D eigenvalue weighted by Gasteiger charge is -2.24. The molecule has 2 N–H and O–H groups in total. The lowest BCUT2D eigenvalue weighted by atomic mass is 9.99. The predicted octanol–water partition coefficient (Wildman–Crippen LogP) is 1.64. The Morgan fingerprint density at radius 3 is 2.42 bits per heavy atom. The second-order valence-corrected chi connectivity index (χ2v) is 4.52. The van der Waals surface area contributed by atoms with Crippen molar-refractivity contribution in [2.75, 3.05) is 0 Å². The highest BCUT2D eigenvalue weighted by atomic mass is 32.1. The lowest BCUT2D eigenvalue weighted by molar-refractivity contribution is -0.0543. The summed E-state index contributed by atoms with van der Waals surface area (Å²) in [5.74, 6) is 0. The summed E-state index contributed by atoms with van der Waals surface area (Å²) in [6.07, 6.45) is -0.740. The first-order valence-electron chi connectivity index (χ1n) is 3.92. The molecule has 3 heteroatoms. The molecule has 1 aromatic heterocycles. The van der Waals surface area contributed by atoms with Gasteiger partial charge in [-0.3, -0.25) is 0 Å². The quantitative estimate of drug-likeness (QED) is 0.737. The van der Waals surface area contributed by atoms with E-state index in [1.165, 1.54) is 11.3 Å². The summed E-state index contributed by atoms with van der Waals surface area (Å²) in [5, 5.41) is 19.1. The zero-order valence-corrected chi connectivity index (χ0v) is 8.35. The summed E-state index contributed by atoms with van der Waals surface area (Å²) in [5.41, 5.74) is -1.11. The molecule has 2 unspecified atom stereocenters. The molecule has 0 saturated heterocycles. The van der Waals surface area contributed by atoms with E-state index in [-0.39, 0.29) is 0 Å². The van der Waals surface area contributed by atoms with Gasteiger partial charge in [-0.2, -0.15) is 0 Å². The van der Waals surface area contributed by atoms with Gasteiger partial charge in [0.05, 0.1) is 6.10 Å². The van der Waals surface area contributed by atoms with Gasteiger partial charge in [-0.25, -0.2) is 0 Å². The zero-order valence-electron chi connectivity index (χ0n) is 7.53. The minimum Gasteiger partial charge on any atom is -0.390 e. The van der Waals surface area contributed by atoms with Crippen LogP contribution in [0.15, 0.2) is 12.1 Å². The largest absolute Gasteiger partial charge is 0.390 e. The van der Waals surface area contributed by atoms with Crippen molar-refractivity contribution in [1.82, 2.24) is 0 Å². The van der Waals surface area contributed by atoms with Crippen molar-refractivity contribution in [3.05, 3.63) is 21.9 Å². The van der Waals surface area contributed by atoms with Crippen molar-refractivity contribution >= 4 is 11.3 Å². The average Bonchev–Trinajstić information content (AvgIpc) is 2.35. The Balaban J connectivity index is 2.97. The summed E-state index contributed by atoms with van der Waals surface area (Å²) in [6.45, 7) is 5.20. The number of hydrogen-bond donors (Lipinski definition) is 2. The third-order valence-corrected chi connectivity index (χ3v) is 3.28. The SMILES string of the molecule is Cc1ccc(C(C)(O)C(C)O)s1. The molecular weight excluding hydrogens is 172 g/mol. The Morgan fingerprint density at radius 1 is 1.50 bits per heavy atom. The van der Waals surface area contributed by atoms with E-state index >= 15 is 0 Å². The highest BCUT2D eigenvalue weighted by Crippen LogP contribution is 2.30. The third-order valence-electron chi connectivity index (χ3n) is 2.05. The molecule has 1 aromatic rings. The smallest absolute Gasteiger partial charge is 0.121 e. The standard InChI is InChI=1S/C9H14O2S/c1-6-4-5-8(12-6)9(3,11)7(2)10/h4-5,7,10-11H,1-3H3. The summed E-state index contributed by atoms with van der Waals surface area (Å²) in [6, 6.07) is 3.80. The molecule has 0 aliphatic carbocycles. The van der Waals surface area contributed by atoms with Gasteiger partial charge < -0.3 is 10.2 Å². The molecule has 0 aliphatic heterocycles. The number of rotatable bonds is 2. The molecule has 2 nitrogen and oxygen atoms in total. The van der Waals surface area contributed by atoms with Crippen LogP contribution < -0.4 is 0 Å². The molecule has 0 bridgehead atoms. The van der Waals surface area contributed by atoms with Crippen molar-refractivity contribution in [1.29, 1.82) is 0 Å². The highest BCUT2D eigenvalue weighted by molar-refractivity contribution is 7.12. The molecule has 0 aromatic carbocycles. The Hall–Kier alpha value is -0.380. The number of hydrogen-bond acceptors (Lipinski definition) is 3. The molecule has 68 valence electrons. The predicted molar refractivity (Wildman–Crippen MR) is 50.3 cm³/mol. The van der Waals surface area contributed by atoms with E-state index in [0.29, 0.717) is 0 Å². The first-order valence-corrected chi connectivity index (χ1v) is 4.73. The van der Waals surface area contributed by atoms with Crippen LogP contribution in [0.3, 0.4) is 0 Å². The zero-order chi connectivity index (χ0) is 9.35. The van der Waals surface area contributed by atoms with Crippen LogP contribution in [-0.2, 0) is 5.60 Å². The van der Waals surface area contributed by atoms with Crippen LogP contribution >= 0.6 is 11.3 Å². The molecule has 0 spiro atoms. The Kier molecular flexibility index (Phi) is 2.56. The molecule has 0 radical (unpaired) electrons.